The number of rotatable bonds is 7. The van der Waals surface area contributed by atoms with Crippen LogP contribution in [-0.4, -0.2) is 30.2 Å². The molecule has 144 valence electrons. The highest BCUT2D eigenvalue weighted by Crippen LogP contribution is 2.26. The van der Waals surface area contributed by atoms with Crippen LogP contribution in [0.25, 0.3) is 0 Å². The summed E-state index contributed by atoms with van der Waals surface area (Å²) >= 11 is 6.21. The predicted molar refractivity (Wildman–Crippen MR) is 108 cm³/mol. The average Bonchev–Trinajstić information content (AvgIpc) is 2.73. The zero-order chi connectivity index (χ0) is 19.9. The molecule has 0 bridgehead atoms. The van der Waals surface area contributed by atoms with Gasteiger partial charge < -0.3 is 20.1 Å². The van der Waals surface area contributed by atoms with E-state index in [0.717, 1.165) is 11.3 Å². The fraction of sp³-hybridized carbons (Fsp3) is 0.150. The molecule has 0 radical (unpaired) electrons. The average molecular weight is 399 g/mol. The van der Waals surface area contributed by atoms with Crippen molar-refractivity contribution >= 4 is 35.0 Å². The summed E-state index contributed by atoms with van der Waals surface area (Å²) in [6.07, 6.45) is 1.62. The van der Waals surface area contributed by atoms with E-state index in [1.807, 2.05) is 24.3 Å². The van der Waals surface area contributed by atoms with E-state index >= 15 is 0 Å². The summed E-state index contributed by atoms with van der Waals surface area (Å²) in [7, 11) is 2.96. The number of anilines is 3. The van der Waals surface area contributed by atoms with E-state index in [1.165, 1.54) is 7.11 Å². The second-order valence-electron chi connectivity index (χ2n) is 5.74. The van der Waals surface area contributed by atoms with Crippen LogP contribution in [0.5, 0.6) is 5.75 Å². The fourth-order valence-corrected chi connectivity index (χ4v) is 2.70. The number of carbonyl (C=O) groups is 1. The Bertz CT molecular complexity index is 981. The van der Waals surface area contributed by atoms with Gasteiger partial charge in [0.15, 0.2) is 0 Å². The van der Waals surface area contributed by atoms with Crippen LogP contribution in [0.3, 0.4) is 0 Å². The van der Waals surface area contributed by atoms with E-state index in [0.29, 0.717) is 34.6 Å². The number of nitrogens with zero attached hydrogens (tertiary/aromatic N) is 2. The molecule has 8 heteroatoms. The van der Waals surface area contributed by atoms with Crippen molar-refractivity contribution in [1.82, 2.24) is 9.97 Å². The molecule has 1 aromatic heterocycles. The Morgan fingerprint density at radius 2 is 1.96 bits per heavy atom. The second-order valence-corrected chi connectivity index (χ2v) is 6.15. The quantitative estimate of drug-likeness (QED) is 0.574. The summed E-state index contributed by atoms with van der Waals surface area (Å²) in [6.45, 7) is 0.541. The first-order valence-corrected chi connectivity index (χ1v) is 8.82. The lowest BCUT2D eigenvalue weighted by Crippen LogP contribution is -2.06. The van der Waals surface area contributed by atoms with Gasteiger partial charge >= 0.3 is 5.97 Å². The van der Waals surface area contributed by atoms with Crippen LogP contribution in [0.1, 0.15) is 15.9 Å². The number of hydrogen-bond donors (Lipinski definition) is 2. The molecule has 28 heavy (non-hydrogen) atoms. The summed E-state index contributed by atoms with van der Waals surface area (Å²) < 4.78 is 10.1. The van der Waals surface area contributed by atoms with E-state index in [2.05, 4.69) is 20.6 Å². The molecule has 2 aromatic carbocycles. The number of ether oxygens (including phenoxy) is 2. The number of carbonyl (C=O) groups excluding carboxylic acids is 1. The van der Waals surface area contributed by atoms with Gasteiger partial charge in [-0.05, 0) is 30.3 Å². The minimum absolute atomic E-state index is 0.342. The monoisotopic (exact) mass is 398 g/mol. The maximum Gasteiger partial charge on any atom is 0.337 e. The van der Waals surface area contributed by atoms with Gasteiger partial charge in [-0.3, -0.25) is 0 Å². The van der Waals surface area contributed by atoms with Crippen molar-refractivity contribution in [3.05, 3.63) is 70.9 Å². The molecule has 3 rings (SSSR count). The molecule has 0 unspecified atom stereocenters. The van der Waals surface area contributed by atoms with Gasteiger partial charge in [0.2, 0.25) is 5.95 Å². The van der Waals surface area contributed by atoms with Crippen molar-refractivity contribution in [1.29, 1.82) is 0 Å². The van der Waals surface area contributed by atoms with Crippen LogP contribution < -0.4 is 15.4 Å². The lowest BCUT2D eigenvalue weighted by Gasteiger charge is -2.12. The number of nitrogens with one attached hydrogen (secondary N) is 2. The smallest absolute Gasteiger partial charge is 0.337 e. The first-order chi connectivity index (χ1) is 13.6. The number of para-hydroxylation sites is 1. The fourth-order valence-electron chi connectivity index (χ4n) is 2.54. The highest BCUT2D eigenvalue weighted by Gasteiger charge is 2.10. The molecule has 0 saturated heterocycles. The Kier molecular flexibility index (Phi) is 6.29. The maximum absolute atomic E-state index is 11.7. The lowest BCUT2D eigenvalue weighted by molar-refractivity contribution is 0.0601. The van der Waals surface area contributed by atoms with Gasteiger partial charge in [0.05, 0.1) is 30.5 Å². The zero-order valence-corrected chi connectivity index (χ0v) is 16.2. The van der Waals surface area contributed by atoms with Gasteiger partial charge in [-0.2, -0.15) is 4.98 Å². The van der Waals surface area contributed by atoms with Crippen LogP contribution in [0.15, 0.2) is 54.7 Å². The molecule has 1 heterocycles. The normalized spacial score (nSPS) is 10.2. The van der Waals surface area contributed by atoms with Crippen molar-refractivity contribution in [2.75, 3.05) is 24.9 Å². The summed E-state index contributed by atoms with van der Waals surface area (Å²) in [5.41, 5.74) is 1.89. The van der Waals surface area contributed by atoms with Crippen molar-refractivity contribution in [2.45, 2.75) is 6.54 Å². The molecule has 0 amide bonds. The standard InChI is InChI=1S/C20H19ClN4O3/c1-27-17-6-4-3-5-14(17)12-23-18-9-10-22-20(25-18)24-16-11-13(19(26)28-2)7-8-15(16)21/h3-11H,12H2,1-2H3,(H2,22,23,24,25). The number of methoxy groups -OCH3 is 2. The molecule has 0 fully saturated rings. The first-order valence-electron chi connectivity index (χ1n) is 8.44. The van der Waals surface area contributed by atoms with E-state index in [9.17, 15) is 4.79 Å². The number of halogens is 1. The molecular formula is C20H19ClN4O3. The molecule has 2 N–H and O–H groups in total. The summed E-state index contributed by atoms with van der Waals surface area (Å²) in [5.74, 6) is 1.32. The highest BCUT2D eigenvalue weighted by molar-refractivity contribution is 6.33. The minimum Gasteiger partial charge on any atom is -0.496 e. The van der Waals surface area contributed by atoms with Gasteiger partial charge in [0.25, 0.3) is 0 Å². The molecule has 0 spiro atoms. The maximum atomic E-state index is 11.7. The molecule has 0 aliphatic rings. The van der Waals surface area contributed by atoms with Crippen LogP contribution in [0, 0.1) is 0 Å². The van der Waals surface area contributed by atoms with Crippen LogP contribution in [-0.2, 0) is 11.3 Å². The van der Waals surface area contributed by atoms with Crippen molar-refractivity contribution < 1.29 is 14.3 Å². The zero-order valence-electron chi connectivity index (χ0n) is 15.4. The number of benzene rings is 2. The van der Waals surface area contributed by atoms with Crippen LogP contribution in [0.4, 0.5) is 17.5 Å². The first kappa shape index (κ1) is 19.4. The minimum atomic E-state index is -0.451. The Morgan fingerprint density at radius 3 is 2.75 bits per heavy atom. The Hall–Kier alpha value is -3.32. The lowest BCUT2D eigenvalue weighted by atomic mass is 10.2. The van der Waals surface area contributed by atoms with Gasteiger partial charge in [0.1, 0.15) is 11.6 Å². The molecule has 0 saturated carbocycles. The third-order valence-corrected chi connectivity index (χ3v) is 4.27. The van der Waals surface area contributed by atoms with E-state index < -0.39 is 5.97 Å². The number of hydrogen-bond acceptors (Lipinski definition) is 7. The summed E-state index contributed by atoms with van der Waals surface area (Å²) in [5, 5.41) is 6.70. The topological polar surface area (TPSA) is 85.4 Å². The molecule has 0 aliphatic carbocycles. The van der Waals surface area contributed by atoms with Gasteiger partial charge in [-0.15, -0.1) is 0 Å². The highest BCUT2D eigenvalue weighted by atomic mass is 35.5. The van der Waals surface area contributed by atoms with E-state index in [4.69, 9.17) is 21.1 Å². The molecule has 0 atom stereocenters. The van der Waals surface area contributed by atoms with Gasteiger partial charge in [-0.1, -0.05) is 29.8 Å². The van der Waals surface area contributed by atoms with E-state index in [-0.39, 0.29) is 0 Å². The Morgan fingerprint density at radius 1 is 1.14 bits per heavy atom. The summed E-state index contributed by atoms with van der Waals surface area (Å²) in [4.78, 5) is 20.3. The Balaban J connectivity index is 1.74. The van der Waals surface area contributed by atoms with Crippen molar-refractivity contribution in [2.24, 2.45) is 0 Å². The van der Waals surface area contributed by atoms with Crippen LogP contribution in [0.2, 0.25) is 5.02 Å². The van der Waals surface area contributed by atoms with E-state index in [1.54, 1.807) is 37.6 Å². The largest absolute Gasteiger partial charge is 0.496 e. The van der Waals surface area contributed by atoms with Crippen LogP contribution >= 0.6 is 11.6 Å². The number of aromatic nitrogens is 2. The van der Waals surface area contributed by atoms with Gasteiger partial charge in [-0.25, -0.2) is 9.78 Å². The molecule has 7 nitrogen and oxygen atoms in total. The second kappa shape index (κ2) is 9.05. The van der Waals surface area contributed by atoms with Crippen molar-refractivity contribution in [3.8, 4) is 5.75 Å². The predicted octanol–water partition coefficient (Wildman–Crippen LogP) is 4.28. The van der Waals surface area contributed by atoms with Gasteiger partial charge in [0, 0.05) is 18.3 Å². The molecular weight excluding hydrogens is 380 g/mol. The number of esters is 1. The molecule has 0 aliphatic heterocycles. The van der Waals surface area contributed by atoms with Crippen molar-refractivity contribution in [3.63, 3.8) is 0 Å². The third kappa shape index (κ3) is 4.69. The summed E-state index contributed by atoms with van der Waals surface area (Å²) in [6, 6.07) is 14.3. The Labute approximate surface area is 167 Å². The molecule has 3 aromatic rings. The SMILES string of the molecule is COC(=O)c1ccc(Cl)c(Nc2nccc(NCc3ccccc3OC)n2)c1. The third-order valence-electron chi connectivity index (χ3n) is 3.94.